The first-order chi connectivity index (χ1) is 7.25. The van der Waals surface area contributed by atoms with E-state index in [1.54, 1.807) is 0 Å². The average Bonchev–Trinajstić information content (AvgIpc) is 2.97. The van der Waals surface area contributed by atoms with Crippen molar-refractivity contribution in [3.05, 3.63) is 35.9 Å². The second-order valence-electron chi connectivity index (χ2n) is 4.49. The van der Waals surface area contributed by atoms with E-state index in [4.69, 9.17) is 0 Å². The highest BCUT2D eigenvalue weighted by molar-refractivity contribution is 6.16. The molecule has 1 aromatic carbocycles. The molecule has 0 N–H and O–H groups in total. The summed E-state index contributed by atoms with van der Waals surface area (Å²) in [5, 5.41) is 0. The van der Waals surface area contributed by atoms with E-state index in [2.05, 4.69) is 0 Å². The van der Waals surface area contributed by atoms with Gasteiger partial charge in [-0.1, -0.05) is 30.3 Å². The van der Waals surface area contributed by atoms with E-state index in [1.807, 2.05) is 30.3 Å². The van der Waals surface area contributed by atoms with Gasteiger partial charge >= 0.3 is 0 Å². The third-order valence-corrected chi connectivity index (χ3v) is 3.74. The molecule has 1 aromatic rings. The molecule has 2 heteroatoms. The van der Waals surface area contributed by atoms with E-state index in [0.717, 1.165) is 12.0 Å². The fourth-order valence-electron chi connectivity index (χ4n) is 2.80. The zero-order valence-corrected chi connectivity index (χ0v) is 8.40. The van der Waals surface area contributed by atoms with Crippen molar-refractivity contribution in [1.29, 1.82) is 0 Å². The zero-order valence-electron chi connectivity index (χ0n) is 8.40. The number of hydrogen-bond donors (Lipinski definition) is 0. The number of benzene rings is 1. The van der Waals surface area contributed by atoms with Crippen LogP contribution in [-0.2, 0) is 9.59 Å². The van der Waals surface area contributed by atoms with Crippen LogP contribution in [0.1, 0.15) is 30.7 Å². The van der Waals surface area contributed by atoms with Gasteiger partial charge in [-0.15, -0.1) is 0 Å². The Labute approximate surface area is 88.3 Å². The first-order valence-electron chi connectivity index (χ1n) is 5.37. The van der Waals surface area contributed by atoms with Gasteiger partial charge in [0.25, 0.3) is 0 Å². The molecule has 3 rings (SSSR count). The predicted molar refractivity (Wildman–Crippen MR) is 55.5 cm³/mol. The number of hydrogen-bond acceptors (Lipinski definition) is 2. The molecule has 0 heterocycles. The summed E-state index contributed by atoms with van der Waals surface area (Å²) in [5.74, 6) is 0.504. The van der Waals surface area contributed by atoms with Crippen molar-refractivity contribution in [2.45, 2.75) is 25.2 Å². The molecule has 2 aliphatic rings. The SMILES string of the molecule is O=C1CCC(=O)C12CC2c1ccccc1. The molecule has 1 unspecified atom stereocenters. The van der Waals surface area contributed by atoms with Gasteiger partial charge in [0.1, 0.15) is 11.6 Å². The highest BCUT2D eigenvalue weighted by Gasteiger charge is 2.66. The van der Waals surface area contributed by atoms with Gasteiger partial charge in [0.2, 0.25) is 0 Å². The molecule has 1 atom stereocenters. The maximum absolute atomic E-state index is 11.7. The highest BCUT2D eigenvalue weighted by Crippen LogP contribution is 2.63. The molecule has 76 valence electrons. The first kappa shape index (κ1) is 8.84. The fourth-order valence-corrected chi connectivity index (χ4v) is 2.80. The molecule has 0 aromatic heterocycles. The van der Waals surface area contributed by atoms with Gasteiger partial charge in [0.15, 0.2) is 0 Å². The van der Waals surface area contributed by atoms with Crippen molar-refractivity contribution < 1.29 is 9.59 Å². The third kappa shape index (κ3) is 1.05. The summed E-state index contributed by atoms with van der Waals surface area (Å²) in [4.78, 5) is 23.5. The summed E-state index contributed by atoms with van der Waals surface area (Å²) < 4.78 is 0. The minimum Gasteiger partial charge on any atom is -0.299 e. The van der Waals surface area contributed by atoms with Crippen LogP contribution < -0.4 is 0 Å². The smallest absolute Gasteiger partial charge is 0.147 e. The van der Waals surface area contributed by atoms with Gasteiger partial charge in [-0.2, -0.15) is 0 Å². The molecule has 0 radical (unpaired) electrons. The Morgan fingerprint density at radius 2 is 1.60 bits per heavy atom. The van der Waals surface area contributed by atoms with E-state index >= 15 is 0 Å². The number of rotatable bonds is 1. The maximum Gasteiger partial charge on any atom is 0.147 e. The summed E-state index contributed by atoms with van der Waals surface area (Å²) in [5.41, 5.74) is 0.544. The van der Waals surface area contributed by atoms with Crippen molar-refractivity contribution >= 4 is 11.6 Å². The Morgan fingerprint density at radius 3 is 2.20 bits per heavy atom. The number of carbonyl (C=O) groups is 2. The molecule has 0 saturated heterocycles. The van der Waals surface area contributed by atoms with Gasteiger partial charge in [0.05, 0.1) is 5.41 Å². The molecule has 1 spiro atoms. The summed E-state index contributed by atoms with van der Waals surface area (Å²) in [6, 6.07) is 9.91. The Bertz CT molecular complexity index is 417. The van der Waals surface area contributed by atoms with Gasteiger partial charge < -0.3 is 0 Å². The summed E-state index contributed by atoms with van der Waals surface area (Å²) in [7, 11) is 0. The Kier molecular flexibility index (Phi) is 1.64. The molecule has 2 fully saturated rings. The van der Waals surface area contributed by atoms with Gasteiger partial charge in [-0.3, -0.25) is 9.59 Å². The van der Waals surface area contributed by atoms with E-state index in [1.165, 1.54) is 0 Å². The third-order valence-electron chi connectivity index (χ3n) is 3.74. The maximum atomic E-state index is 11.7. The lowest BCUT2D eigenvalue weighted by molar-refractivity contribution is -0.129. The van der Waals surface area contributed by atoms with Gasteiger partial charge in [0, 0.05) is 18.8 Å². The fraction of sp³-hybridized carbons (Fsp3) is 0.385. The largest absolute Gasteiger partial charge is 0.299 e. The predicted octanol–water partition coefficient (Wildman–Crippen LogP) is 2.09. The molecule has 2 nitrogen and oxygen atoms in total. The molecular formula is C13H12O2. The minimum atomic E-state index is -0.596. The standard InChI is InChI=1S/C13H12O2/c14-11-6-7-12(15)13(11)8-10(13)9-4-2-1-3-5-9/h1-5,10H,6-8H2. The second kappa shape index (κ2) is 2.78. The van der Waals surface area contributed by atoms with Crippen molar-refractivity contribution in [3.63, 3.8) is 0 Å². The van der Waals surface area contributed by atoms with Crippen LogP contribution in [0.2, 0.25) is 0 Å². The summed E-state index contributed by atoms with van der Waals surface area (Å²) in [6.07, 6.45) is 1.67. The molecule has 0 aliphatic heterocycles. The molecular weight excluding hydrogens is 188 g/mol. The Hall–Kier alpha value is -1.44. The Balaban J connectivity index is 1.96. The topological polar surface area (TPSA) is 34.1 Å². The zero-order chi connectivity index (χ0) is 10.5. The van der Waals surface area contributed by atoms with Crippen molar-refractivity contribution in [2.24, 2.45) is 5.41 Å². The van der Waals surface area contributed by atoms with Crippen molar-refractivity contribution in [1.82, 2.24) is 0 Å². The van der Waals surface area contributed by atoms with Gasteiger partial charge in [-0.05, 0) is 12.0 Å². The average molecular weight is 200 g/mol. The van der Waals surface area contributed by atoms with Crippen LogP contribution in [0.3, 0.4) is 0 Å². The van der Waals surface area contributed by atoms with Crippen molar-refractivity contribution in [3.8, 4) is 0 Å². The van der Waals surface area contributed by atoms with Gasteiger partial charge in [-0.25, -0.2) is 0 Å². The molecule has 2 saturated carbocycles. The molecule has 2 aliphatic carbocycles. The van der Waals surface area contributed by atoms with Crippen LogP contribution in [0.15, 0.2) is 30.3 Å². The number of Topliss-reactive ketones (excluding diaryl/α,β-unsaturated/α-hetero) is 2. The van der Waals surface area contributed by atoms with E-state index in [0.29, 0.717) is 12.8 Å². The summed E-state index contributed by atoms with van der Waals surface area (Å²) >= 11 is 0. The van der Waals surface area contributed by atoms with Crippen LogP contribution in [0, 0.1) is 5.41 Å². The number of ketones is 2. The summed E-state index contributed by atoms with van der Waals surface area (Å²) in [6.45, 7) is 0. The minimum absolute atomic E-state index is 0.168. The lowest BCUT2D eigenvalue weighted by Gasteiger charge is -2.05. The van der Waals surface area contributed by atoms with Crippen molar-refractivity contribution in [2.75, 3.05) is 0 Å². The quantitative estimate of drug-likeness (QED) is 0.650. The first-order valence-corrected chi connectivity index (χ1v) is 5.37. The lowest BCUT2D eigenvalue weighted by Crippen LogP contribution is -2.17. The molecule has 15 heavy (non-hydrogen) atoms. The van der Waals surface area contributed by atoms with E-state index < -0.39 is 5.41 Å². The number of carbonyl (C=O) groups excluding carboxylic acids is 2. The van der Waals surface area contributed by atoms with Crippen LogP contribution in [0.5, 0.6) is 0 Å². The van der Waals surface area contributed by atoms with Crippen LogP contribution >= 0.6 is 0 Å². The molecule has 0 amide bonds. The van der Waals surface area contributed by atoms with Crippen LogP contribution in [-0.4, -0.2) is 11.6 Å². The monoisotopic (exact) mass is 200 g/mol. The second-order valence-corrected chi connectivity index (χ2v) is 4.49. The lowest BCUT2D eigenvalue weighted by atomic mass is 9.96. The van der Waals surface area contributed by atoms with Crippen LogP contribution in [0.25, 0.3) is 0 Å². The normalized spacial score (nSPS) is 27.3. The highest BCUT2D eigenvalue weighted by atomic mass is 16.2. The Morgan fingerprint density at radius 1 is 1.00 bits per heavy atom. The van der Waals surface area contributed by atoms with E-state index in [-0.39, 0.29) is 17.5 Å². The van der Waals surface area contributed by atoms with Crippen LogP contribution in [0.4, 0.5) is 0 Å². The molecule has 0 bridgehead atoms. The van der Waals surface area contributed by atoms with E-state index in [9.17, 15) is 9.59 Å².